The molecular formula is C15H17N3O3. The molecule has 6 heteroatoms. The van der Waals surface area contributed by atoms with Gasteiger partial charge in [-0.05, 0) is 43.5 Å². The fraction of sp³-hybridized carbons (Fsp3) is 0.400. The van der Waals surface area contributed by atoms with Gasteiger partial charge in [0, 0.05) is 31.4 Å². The summed E-state index contributed by atoms with van der Waals surface area (Å²) in [5.41, 5.74) is -0.202. The maximum absolute atomic E-state index is 12.4. The molecule has 6 nitrogen and oxygen atoms in total. The molecule has 110 valence electrons. The predicted molar refractivity (Wildman–Crippen MR) is 80.5 cm³/mol. The third-order valence-corrected chi connectivity index (χ3v) is 4.03. The van der Waals surface area contributed by atoms with Crippen molar-refractivity contribution in [3.63, 3.8) is 0 Å². The molecule has 0 saturated carbocycles. The Bertz CT molecular complexity index is 733. The molecule has 0 bridgehead atoms. The maximum atomic E-state index is 12.4. The van der Waals surface area contributed by atoms with E-state index in [2.05, 4.69) is 4.90 Å². The van der Waals surface area contributed by atoms with Crippen molar-refractivity contribution in [2.24, 2.45) is 0 Å². The Kier molecular flexibility index (Phi) is 3.70. The van der Waals surface area contributed by atoms with Crippen LogP contribution >= 0.6 is 0 Å². The van der Waals surface area contributed by atoms with Crippen LogP contribution in [0.5, 0.6) is 0 Å². The van der Waals surface area contributed by atoms with Crippen LogP contribution < -0.4 is 5.56 Å². The molecule has 2 aromatic rings. The minimum atomic E-state index is -0.472. The summed E-state index contributed by atoms with van der Waals surface area (Å²) < 4.78 is 1.64. The fourth-order valence-corrected chi connectivity index (χ4v) is 2.81. The molecule has 0 spiro atoms. The number of nitro groups is 1. The standard InChI is InChI=1S/C15H17N3O3/c19-15-14-11-13(18(20)21)4-3-12(14)5-8-17(15)10-9-16-6-1-2-7-16/h3-5,8,11H,1-2,6-7,9-10H2. The van der Waals surface area contributed by atoms with E-state index in [1.165, 1.54) is 25.0 Å². The molecule has 0 aliphatic carbocycles. The first-order valence-corrected chi connectivity index (χ1v) is 7.15. The monoisotopic (exact) mass is 287 g/mol. The number of aromatic nitrogens is 1. The van der Waals surface area contributed by atoms with Crippen molar-refractivity contribution >= 4 is 16.5 Å². The lowest BCUT2D eigenvalue weighted by atomic mass is 10.1. The summed E-state index contributed by atoms with van der Waals surface area (Å²) >= 11 is 0. The third kappa shape index (κ3) is 2.80. The zero-order valence-electron chi connectivity index (χ0n) is 11.7. The van der Waals surface area contributed by atoms with Crippen LogP contribution in [-0.2, 0) is 6.54 Å². The number of benzene rings is 1. The normalized spacial score (nSPS) is 15.6. The lowest BCUT2D eigenvalue weighted by molar-refractivity contribution is -0.384. The van der Waals surface area contributed by atoms with E-state index in [9.17, 15) is 14.9 Å². The highest BCUT2D eigenvalue weighted by molar-refractivity contribution is 5.83. The highest BCUT2D eigenvalue weighted by atomic mass is 16.6. The van der Waals surface area contributed by atoms with E-state index < -0.39 is 4.92 Å². The van der Waals surface area contributed by atoms with Crippen molar-refractivity contribution in [3.05, 3.63) is 50.9 Å². The van der Waals surface area contributed by atoms with E-state index in [-0.39, 0.29) is 11.2 Å². The summed E-state index contributed by atoms with van der Waals surface area (Å²) in [4.78, 5) is 25.1. The summed E-state index contributed by atoms with van der Waals surface area (Å²) in [6, 6.07) is 6.25. The number of likely N-dealkylation sites (tertiary alicyclic amines) is 1. The maximum Gasteiger partial charge on any atom is 0.270 e. The summed E-state index contributed by atoms with van der Waals surface area (Å²) in [6.45, 7) is 3.65. The molecular weight excluding hydrogens is 270 g/mol. The number of rotatable bonds is 4. The quantitative estimate of drug-likeness (QED) is 0.637. The molecule has 1 fully saturated rings. The molecule has 2 heterocycles. The first-order valence-electron chi connectivity index (χ1n) is 7.15. The van der Waals surface area contributed by atoms with Gasteiger partial charge < -0.3 is 9.47 Å². The summed E-state index contributed by atoms with van der Waals surface area (Å²) in [7, 11) is 0. The SMILES string of the molecule is O=c1c2cc([N+](=O)[O-])ccc2ccn1CCN1CCCC1. The second kappa shape index (κ2) is 5.65. The molecule has 0 N–H and O–H groups in total. The van der Waals surface area contributed by atoms with Crippen LogP contribution in [0.15, 0.2) is 35.3 Å². The molecule has 21 heavy (non-hydrogen) atoms. The largest absolute Gasteiger partial charge is 0.314 e. The molecule has 3 rings (SSSR count). The first kappa shape index (κ1) is 13.8. The lowest BCUT2D eigenvalue weighted by Gasteiger charge is -2.15. The van der Waals surface area contributed by atoms with Gasteiger partial charge in [0.2, 0.25) is 0 Å². The Morgan fingerprint density at radius 1 is 1.14 bits per heavy atom. The lowest BCUT2D eigenvalue weighted by Crippen LogP contribution is -2.28. The van der Waals surface area contributed by atoms with Crippen LogP contribution in [-0.4, -0.2) is 34.0 Å². The van der Waals surface area contributed by atoms with Crippen LogP contribution in [0.4, 0.5) is 5.69 Å². The average molecular weight is 287 g/mol. The summed E-state index contributed by atoms with van der Waals surface area (Å²) in [5.74, 6) is 0. The molecule has 1 saturated heterocycles. The van der Waals surface area contributed by atoms with E-state index in [4.69, 9.17) is 0 Å². The van der Waals surface area contributed by atoms with E-state index in [1.54, 1.807) is 16.8 Å². The highest BCUT2D eigenvalue weighted by Gasteiger charge is 2.13. The average Bonchev–Trinajstić information content (AvgIpc) is 2.99. The third-order valence-electron chi connectivity index (χ3n) is 4.03. The Balaban J connectivity index is 1.90. The van der Waals surface area contributed by atoms with Gasteiger partial charge in [0.1, 0.15) is 0 Å². The van der Waals surface area contributed by atoms with Gasteiger partial charge in [0.15, 0.2) is 0 Å². The summed E-state index contributed by atoms with van der Waals surface area (Å²) in [5, 5.41) is 12.0. The number of nitro benzene ring substituents is 1. The van der Waals surface area contributed by atoms with Crippen molar-refractivity contribution < 1.29 is 4.92 Å². The molecule has 0 radical (unpaired) electrons. The summed E-state index contributed by atoms with van der Waals surface area (Å²) in [6.07, 6.45) is 4.21. The topological polar surface area (TPSA) is 68.4 Å². The van der Waals surface area contributed by atoms with Crippen LogP contribution in [0.2, 0.25) is 0 Å². The fourth-order valence-electron chi connectivity index (χ4n) is 2.81. The van der Waals surface area contributed by atoms with E-state index in [0.717, 1.165) is 25.0 Å². The zero-order chi connectivity index (χ0) is 14.8. The molecule has 0 unspecified atom stereocenters. The molecule has 1 aromatic heterocycles. The van der Waals surface area contributed by atoms with Crippen molar-refractivity contribution in [1.82, 2.24) is 9.47 Å². The van der Waals surface area contributed by atoms with Crippen molar-refractivity contribution in [3.8, 4) is 0 Å². The molecule has 1 aliphatic rings. The number of pyridine rings is 1. The molecule has 1 aromatic carbocycles. The molecule has 0 atom stereocenters. The second-order valence-electron chi connectivity index (χ2n) is 5.39. The van der Waals surface area contributed by atoms with Gasteiger partial charge in [-0.1, -0.05) is 0 Å². The minimum absolute atomic E-state index is 0.0445. The number of hydrogen-bond acceptors (Lipinski definition) is 4. The molecule has 1 aliphatic heterocycles. The van der Waals surface area contributed by atoms with Crippen LogP contribution in [0.3, 0.4) is 0 Å². The van der Waals surface area contributed by atoms with Gasteiger partial charge >= 0.3 is 0 Å². The van der Waals surface area contributed by atoms with Crippen LogP contribution in [0, 0.1) is 10.1 Å². The van der Waals surface area contributed by atoms with Gasteiger partial charge in [-0.2, -0.15) is 0 Å². The van der Waals surface area contributed by atoms with Gasteiger partial charge in [-0.3, -0.25) is 14.9 Å². The number of fused-ring (bicyclic) bond motifs is 1. The zero-order valence-corrected chi connectivity index (χ0v) is 11.7. The molecule has 0 amide bonds. The Morgan fingerprint density at radius 3 is 2.62 bits per heavy atom. The number of nitrogens with zero attached hydrogens (tertiary/aromatic N) is 3. The minimum Gasteiger partial charge on any atom is -0.314 e. The predicted octanol–water partition coefficient (Wildman–Crippen LogP) is 2.01. The van der Waals surface area contributed by atoms with Crippen LogP contribution in [0.25, 0.3) is 10.8 Å². The van der Waals surface area contributed by atoms with Gasteiger partial charge in [-0.15, -0.1) is 0 Å². The van der Waals surface area contributed by atoms with Crippen LogP contribution in [0.1, 0.15) is 12.8 Å². The van der Waals surface area contributed by atoms with E-state index in [0.29, 0.717) is 11.9 Å². The van der Waals surface area contributed by atoms with Crippen molar-refractivity contribution in [2.45, 2.75) is 19.4 Å². The van der Waals surface area contributed by atoms with Crippen molar-refractivity contribution in [1.29, 1.82) is 0 Å². The number of non-ortho nitro benzene ring substituents is 1. The van der Waals surface area contributed by atoms with Crippen molar-refractivity contribution in [2.75, 3.05) is 19.6 Å². The Morgan fingerprint density at radius 2 is 1.90 bits per heavy atom. The van der Waals surface area contributed by atoms with E-state index >= 15 is 0 Å². The van der Waals surface area contributed by atoms with Gasteiger partial charge in [-0.25, -0.2) is 0 Å². The second-order valence-corrected chi connectivity index (χ2v) is 5.39. The van der Waals surface area contributed by atoms with Gasteiger partial charge in [0.25, 0.3) is 11.2 Å². The smallest absolute Gasteiger partial charge is 0.270 e. The van der Waals surface area contributed by atoms with E-state index in [1.807, 2.05) is 6.07 Å². The van der Waals surface area contributed by atoms with Gasteiger partial charge in [0.05, 0.1) is 10.3 Å². The highest BCUT2D eigenvalue weighted by Crippen LogP contribution is 2.17. The Labute approximate surface area is 121 Å². The number of hydrogen-bond donors (Lipinski definition) is 0. The first-order chi connectivity index (χ1) is 10.1. The Hall–Kier alpha value is -2.21.